The van der Waals surface area contributed by atoms with E-state index in [2.05, 4.69) is 5.32 Å². The van der Waals surface area contributed by atoms with E-state index < -0.39 is 16.1 Å². The number of rotatable bonds is 7. The van der Waals surface area contributed by atoms with Crippen molar-refractivity contribution in [1.82, 2.24) is 0 Å². The zero-order valence-electron chi connectivity index (χ0n) is 12.1. The number of nitrogens with two attached hydrogens (primary N) is 2. The summed E-state index contributed by atoms with van der Waals surface area (Å²) in [5.74, 6) is -0.379. The lowest BCUT2D eigenvalue weighted by Crippen LogP contribution is -2.35. The number of aryl methyl sites for hydroxylation is 1. The van der Waals surface area contributed by atoms with Gasteiger partial charge in [-0.05, 0) is 37.5 Å². The molecule has 118 valence electrons. The highest BCUT2D eigenvalue weighted by molar-refractivity contribution is 7.89. The van der Waals surface area contributed by atoms with E-state index >= 15 is 0 Å². The van der Waals surface area contributed by atoms with Gasteiger partial charge in [-0.2, -0.15) is 0 Å². The molecule has 0 heterocycles. The third-order valence-electron chi connectivity index (χ3n) is 2.96. The molecule has 21 heavy (non-hydrogen) atoms. The number of methoxy groups -OCH3 is 1. The third-order valence-corrected chi connectivity index (χ3v) is 4.02. The Morgan fingerprint density at radius 3 is 2.67 bits per heavy atom. The van der Waals surface area contributed by atoms with Crippen LogP contribution in [0.3, 0.4) is 0 Å². The molecule has 1 unspecified atom stereocenters. The van der Waals surface area contributed by atoms with Crippen molar-refractivity contribution in [2.24, 2.45) is 10.9 Å². The fraction of sp³-hybridized carbons (Fsp3) is 0.462. The summed E-state index contributed by atoms with van der Waals surface area (Å²) in [6.07, 6.45) is 1.15. The number of ether oxygens (including phenoxy) is 1. The highest BCUT2D eigenvalue weighted by Gasteiger charge is 2.16. The second-order valence-corrected chi connectivity index (χ2v) is 6.29. The number of anilines is 1. The Balaban J connectivity index is 2.77. The maximum absolute atomic E-state index is 11.9. The van der Waals surface area contributed by atoms with Gasteiger partial charge < -0.3 is 15.8 Å². The minimum absolute atomic E-state index is 0.0201. The zero-order chi connectivity index (χ0) is 16.0. The Bertz CT molecular complexity index is 601. The number of nitrogens with one attached hydrogen (secondary N) is 1. The summed E-state index contributed by atoms with van der Waals surface area (Å²) in [4.78, 5) is 11.9. The molecule has 0 saturated carbocycles. The number of primary sulfonamides is 1. The number of hydrogen-bond donors (Lipinski definition) is 3. The van der Waals surface area contributed by atoms with Gasteiger partial charge in [-0.3, -0.25) is 4.79 Å². The standard InChI is InChI=1S/C13H21N3O4S/c1-9-5-6-10(8-12(9)21(15,18)19)16-13(17)11(14)4-3-7-20-2/h5-6,8,11H,3-4,7,14H2,1-2H3,(H,16,17)(H2,15,18,19). The highest BCUT2D eigenvalue weighted by Crippen LogP contribution is 2.19. The van der Waals surface area contributed by atoms with Gasteiger partial charge >= 0.3 is 0 Å². The van der Waals surface area contributed by atoms with E-state index in [4.69, 9.17) is 15.6 Å². The summed E-state index contributed by atoms with van der Waals surface area (Å²) < 4.78 is 27.7. The third kappa shape index (κ3) is 5.43. The average molecular weight is 315 g/mol. The molecule has 1 aromatic carbocycles. The minimum atomic E-state index is -3.83. The molecule has 8 heteroatoms. The molecule has 0 saturated heterocycles. The molecule has 0 radical (unpaired) electrons. The molecule has 1 atom stereocenters. The minimum Gasteiger partial charge on any atom is -0.385 e. The van der Waals surface area contributed by atoms with Crippen LogP contribution in [0.15, 0.2) is 23.1 Å². The van der Waals surface area contributed by atoms with E-state index in [-0.39, 0.29) is 10.8 Å². The van der Waals surface area contributed by atoms with Crippen molar-refractivity contribution in [1.29, 1.82) is 0 Å². The SMILES string of the molecule is COCCCC(N)C(=O)Nc1ccc(C)c(S(N)(=O)=O)c1. The van der Waals surface area contributed by atoms with Crippen molar-refractivity contribution in [2.75, 3.05) is 19.0 Å². The molecule has 0 aliphatic heterocycles. The lowest BCUT2D eigenvalue weighted by Gasteiger charge is -2.13. The predicted molar refractivity (Wildman–Crippen MR) is 80.3 cm³/mol. The molecule has 0 bridgehead atoms. The topological polar surface area (TPSA) is 125 Å². The van der Waals surface area contributed by atoms with Crippen LogP contribution in [0.5, 0.6) is 0 Å². The van der Waals surface area contributed by atoms with Crippen molar-refractivity contribution in [2.45, 2.75) is 30.7 Å². The second-order valence-electron chi connectivity index (χ2n) is 4.76. The van der Waals surface area contributed by atoms with E-state index in [9.17, 15) is 13.2 Å². The number of carbonyl (C=O) groups is 1. The van der Waals surface area contributed by atoms with Crippen LogP contribution in [-0.2, 0) is 19.6 Å². The zero-order valence-corrected chi connectivity index (χ0v) is 12.9. The van der Waals surface area contributed by atoms with Crippen LogP contribution in [0.1, 0.15) is 18.4 Å². The molecule has 0 aliphatic carbocycles. The smallest absolute Gasteiger partial charge is 0.241 e. The first-order valence-electron chi connectivity index (χ1n) is 6.44. The van der Waals surface area contributed by atoms with Gasteiger partial charge in [0, 0.05) is 19.4 Å². The molecule has 0 aliphatic rings. The predicted octanol–water partition coefficient (Wildman–Crippen LogP) is 0.335. The van der Waals surface area contributed by atoms with Crippen LogP contribution in [0.25, 0.3) is 0 Å². The quantitative estimate of drug-likeness (QED) is 0.626. The van der Waals surface area contributed by atoms with Gasteiger partial charge in [0.05, 0.1) is 10.9 Å². The Kier molecular flexibility index (Phi) is 6.28. The monoisotopic (exact) mass is 315 g/mol. The number of carbonyl (C=O) groups excluding carboxylic acids is 1. The number of benzene rings is 1. The summed E-state index contributed by atoms with van der Waals surface area (Å²) in [5.41, 5.74) is 6.61. The maximum Gasteiger partial charge on any atom is 0.241 e. The molecule has 0 aromatic heterocycles. The summed E-state index contributed by atoms with van der Waals surface area (Å²) in [6, 6.07) is 3.82. The molecular formula is C13H21N3O4S. The summed E-state index contributed by atoms with van der Waals surface area (Å²) in [7, 11) is -2.25. The Morgan fingerprint density at radius 2 is 2.10 bits per heavy atom. The van der Waals surface area contributed by atoms with Crippen LogP contribution < -0.4 is 16.2 Å². The van der Waals surface area contributed by atoms with E-state index in [1.165, 1.54) is 6.07 Å². The van der Waals surface area contributed by atoms with Gasteiger partial charge in [0.2, 0.25) is 15.9 Å². The summed E-state index contributed by atoms with van der Waals surface area (Å²) in [6.45, 7) is 2.16. The number of amides is 1. The Hall–Kier alpha value is -1.48. The fourth-order valence-electron chi connectivity index (χ4n) is 1.80. The van der Waals surface area contributed by atoms with Crippen molar-refractivity contribution >= 4 is 21.6 Å². The van der Waals surface area contributed by atoms with Crippen molar-refractivity contribution in [3.05, 3.63) is 23.8 Å². The van der Waals surface area contributed by atoms with Gasteiger partial charge in [-0.25, -0.2) is 13.6 Å². The average Bonchev–Trinajstić information content (AvgIpc) is 2.39. The summed E-state index contributed by atoms with van der Waals surface area (Å²) in [5, 5.41) is 7.70. The van der Waals surface area contributed by atoms with Gasteiger partial charge in [-0.1, -0.05) is 6.07 Å². The van der Waals surface area contributed by atoms with Gasteiger partial charge in [0.25, 0.3) is 0 Å². The first kappa shape index (κ1) is 17.6. The number of sulfonamides is 1. The van der Waals surface area contributed by atoms with Crippen molar-refractivity contribution in [3.63, 3.8) is 0 Å². The van der Waals surface area contributed by atoms with Gasteiger partial charge in [0.15, 0.2) is 0 Å². The largest absolute Gasteiger partial charge is 0.385 e. The van der Waals surface area contributed by atoms with Gasteiger partial charge in [0.1, 0.15) is 0 Å². The maximum atomic E-state index is 11.9. The normalized spacial score (nSPS) is 13.0. The Labute approximate surface area is 124 Å². The molecule has 5 N–H and O–H groups in total. The molecule has 0 fully saturated rings. The van der Waals surface area contributed by atoms with E-state index in [1.54, 1.807) is 26.2 Å². The summed E-state index contributed by atoms with van der Waals surface area (Å²) >= 11 is 0. The highest BCUT2D eigenvalue weighted by atomic mass is 32.2. The van der Waals surface area contributed by atoms with E-state index in [0.717, 1.165) is 0 Å². The second kappa shape index (κ2) is 7.51. The van der Waals surface area contributed by atoms with Crippen LogP contribution >= 0.6 is 0 Å². The molecule has 1 rings (SSSR count). The molecular weight excluding hydrogens is 294 g/mol. The molecule has 1 amide bonds. The molecule has 0 spiro atoms. The van der Waals surface area contributed by atoms with Crippen molar-refractivity contribution in [3.8, 4) is 0 Å². The number of hydrogen-bond acceptors (Lipinski definition) is 5. The van der Waals surface area contributed by atoms with Crippen LogP contribution in [0, 0.1) is 6.92 Å². The van der Waals surface area contributed by atoms with Crippen LogP contribution in [0.4, 0.5) is 5.69 Å². The first-order valence-corrected chi connectivity index (χ1v) is 7.99. The lowest BCUT2D eigenvalue weighted by molar-refractivity contribution is -0.117. The molecule has 1 aromatic rings. The molecule has 7 nitrogen and oxygen atoms in total. The fourth-order valence-corrected chi connectivity index (χ4v) is 2.61. The van der Waals surface area contributed by atoms with Crippen LogP contribution in [0.2, 0.25) is 0 Å². The first-order chi connectivity index (χ1) is 9.75. The Morgan fingerprint density at radius 1 is 1.43 bits per heavy atom. The van der Waals surface area contributed by atoms with E-state index in [1.807, 2.05) is 0 Å². The lowest BCUT2D eigenvalue weighted by atomic mass is 10.1. The van der Waals surface area contributed by atoms with E-state index in [0.29, 0.717) is 30.7 Å². The van der Waals surface area contributed by atoms with Crippen molar-refractivity contribution < 1.29 is 17.9 Å². The van der Waals surface area contributed by atoms with Crippen LogP contribution in [-0.4, -0.2) is 34.1 Å². The van der Waals surface area contributed by atoms with Gasteiger partial charge in [-0.15, -0.1) is 0 Å².